The van der Waals surface area contributed by atoms with Gasteiger partial charge in [0.25, 0.3) is 0 Å². The summed E-state index contributed by atoms with van der Waals surface area (Å²) >= 11 is 0. The fourth-order valence-corrected chi connectivity index (χ4v) is 2.31. The van der Waals surface area contributed by atoms with Gasteiger partial charge in [0.05, 0.1) is 12.6 Å². The van der Waals surface area contributed by atoms with Crippen LogP contribution in [0.2, 0.25) is 0 Å². The lowest BCUT2D eigenvalue weighted by Gasteiger charge is -2.12. The van der Waals surface area contributed by atoms with Crippen molar-refractivity contribution in [1.82, 2.24) is 5.43 Å². The highest BCUT2D eigenvalue weighted by molar-refractivity contribution is 5.93. The monoisotopic (exact) mass is 280 g/mol. The number of hydrazine groups is 1. The maximum atomic E-state index is 13.7. The summed E-state index contributed by atoms with van der Waals surface area (Å²) in [5.74, 6) is 5.75. The predicted octanol–water partition coefficient (Wildman–Crippen LogP) is 2.40. The Kier molecular flexibility index (Phi) is 5.17. The second-order valence-corrected chi connectivity index (χ2v) is 4.76. The van der Waals surface area contributed by atoms with E-state index >= 15 is 0 Å². The maximum absolute atomic E-state index is 13.7. The van der Waals surface area contributed by atoms with Gasteiger partial charge in [0, 0.05) is 11.8 Å². The second kappa shape index (κ2) is 7.09. The highest BCUT2D eigenvalue weighted by Crippen LogP contribution is 2.22. The molecule has 0 unspecified atom stereocenters. The van der Waals surface area contributed by atoms with Gasteiger partial charge < -0.3 is 10.1 Å². The van der Waals surface area contributed by atoms with Gasteiger partial charge in [-0.1, -0.05) is 12.8 Å². The molecule has 0 saturated heterocycles. The SMILES string of the molecule is CCOc1ccc(NC(=NC2CCCC2)NN)cc1F. The van der Waals surface area contributed by atoms with Crippen LogP contribution in [0.5, 0.6) is 5.75 Å². The van der Waals surface area contributed by atoms with Crippen LogP contribution in [0.25, 0.3) is 0 Å². The molecule has 0 spiro atoms. The van der Waals surface area contributed by atoms with Crippen molar-refractivity contribution in [2.24, 2.45) is 10.8 Å². The smallest absolute Gasteiger partial charge is 0.210 e. The largest absolute Gasteiger partial charge is 0.491 e. The minimum atomic E-state index is -0.408. The molecule has 1 saturated carbocycles. The van der Waals surface area contributed by atoms with Gasteiger partial charge in [-0.05, 0) is 31.9 Å². The number of benzene rings is 1. The fourth-order valence-electron chi connectivity index (χ4n) is 2.31. The van der Waals surface area contributed by atoms with E-state index in [0.29, 0.717) is 24.3 Å². The molecule has 0 atom stereocenters. The number of guanidine groups is 1. The molecule has 2 rings (SSSR count). The summed E-state index contributed by atoms with van der Waals surface area (Å²) in [4.78, 5) is 4.49. The molecule has 4 N–H and O–H groups in total. The summed E-state index contributed by atoms with van der Waals surface area (Å²) in [6, 6.07) is 4.98. The van der Waals surface area contributed by atoms with Gasteiger partial charge in [-0.3, -0.25) is 5.43 Å². The molecule has 0 radical (unpaired) electrons. The zero-order chi connectivity index (χ0) is 14.4. The summed E-state index contributed by atoms with van der Waals surface area (Å²) < 4.78 is 18.9. The Morgan fingerprint density at radius 3 is 2.80 bits per heavy atom. The molecule has 20 heavy (non-hydrogen) atoms. The lowest BCUT2D eigenvalue weighted by molar-refractivity contribution is 0.321. The van der Waals surface area contributed by atoms with Crippen molar-refractivity contribution in [1.29, 1.82) is 0 Å². The molecular weight excluding hydrogens is 259 g/mol. The molecule has 0 aliphatic heterocycles. The number of rotatable bonds is 4. The minimum absolute atomic E-state index is 0.244. The molecule has 110 valence electrons. The van der Waals surface area contributed by atoms with Crippen molar-refractivity contribution in [3.63, 3.8) is 0 Å². The molecule has 1 aliphatic rings. The highest BCUT2D eigenvalue weighted by Gasteiger charge is 2.14. The summed E-state index contributed by atoms with van der Waals surface area (Å²) in [5.41, 5.74) is 3.11. The molecule has 1 fully saturated rings. The van der Waals surface area contributed by atoms with Crippen molar-refractivity contribution >= 4 is 11.6 Å². The van der Waals surface area contributed by atoms with Gasteiger partial charge in [0.15, 0.2) is 11.6 Å². The molecule has 0 heterocycles. The van der Waals surface area contributed by atoms with Gasteiger partial charge >= 0.3 is 0 Å². The first-order valence-electron chi connectivity index (χ1n) is 6.96. The number of ether oxygens (including phenoxy) is 1. The molecule has 5 nitrogen and oxygen atoms in total. The van der Waals surface area contributed by atoms with E-state index in [0.717, 1.165) is 12.8 Å². The van der Waals surface area contributed by atoms with Crippen molar-refractivity contribution in [2.45, 2.75) is 38.6 Å². The fraction of sp³-hybridized carbons (Fsp3) is 0.500. The minimum Gasteiger partial charge on any atom is -0.491 e. The lowest BCUT2D eigenvalue weighted by atomic mass is 10.2. The number of nitrogens with one attached hydrogen (secondary N) is 2. The molecule has 1 aromatic rings. The van der Waals surface area contributed by atoms with Gasteiger partial charge in [0.1, 0.15) is 0 Å². The van der Waals surface area contributed by atoms with Crippen LogP contribution < -0.4 is 21.3 Å². The van der Waals surface area contributed by atoms with Crippen LogP contribution in [0.15, 0.2) is 23.2 Å². The topological polar surface area (TPSA) is 71.7 Å². The van der Waals surface area contributed by atoms with Crippen LogP contribution in [0.1, 0.15) is 32.6 Å². The van der Waals surface area contributed by atoms with E-state index in [-0.39, 0.29) is 5.75 Å². The molecule has 0 amide bonds. The van der Waals surface area contributed by atoms with E-state index in [4.69, 9.17) is 10.6 Å². The Balaban J connectivity index is 2.05. The second-order valence-electron chi connectivity index (χ2n) is 4.76. The molecule has 1 aliphatic carbocycles. The summed E-state index contributed by atoms with van der Waals surface area (Å²) in [5, 5.41) is 2.98. The molecule has 0 bridgehead atoms. The highest BCUT2D eigenvalue weighted by atomic mass is 19.1. The van der Waals surface area contributed by atoms with Crippen molar-refractivity contribution < 1.29 is 9.13 Å². The Bertz CT molecular complexity index is 472. The van der Waals surface area contributed by atoms with E-state index in [9.17, 15) is 4.39 Å². The van der Waals surface area contributed by atoms with Crippen LogP contribution in [0, 0.1) is 5.82 Å². The van der Waals surface area contributed by atoms with Gasteiger partial charge in [-0.25, -0.2) is 15.2 Å². The van der Waals surface area contributed by atoms with Crippen molar-refractivity contribution in [3.05, 3.63) is 24.0 Å². The van der Waals surface area contributed by atoms with Crippen LogP contribution in [0.4, 0.5) is 10.1 Å². The molecule has 6 heteroatoms. The summed E-state index contributed by atoms with van der Waals surface area (Å²) in [7, 11) is 0. The van der Waals surface area contributed by atoms with Crippen LogP contribution in [-0.4, -0.2) is 18.6 Å². The first kappa shape index (κ1) is 14.6. The lowest BCUT2D eigenvalue weighted by Crippen LogP contribution is -2.37. The van der Waals surface area contributed by atoms with Gasteiger partial charge in [0.2, 0.25) is 5.96 Å². The standard InChI is InChI=1S/C14H21FN4O/c1-2-20-13-8-7-11(9-12(13)15)18-14(19-16)17-10-5-3-4-6-10/h7-10H,2-6,16H2,1H3,(H2,17,18,19). The average Bonchev–Trinajstić information content (AvgIpc) is 2.94. The first-order valence-corrected chi connectivity index (χ1v) is 6.96. The number of nitrogens with two attached hydrogens (primary N) is 1. The summed E-state index contributed by atoms with van der Waals surface area (Å²) in [6.45, 7) is 2.25. The maximum Gasteiger partial charge on any atom is 0.210 e. The zero-order valence-electron chi connectivity index (χ0n) is 11.7. The molecular formula is C14H21FN4O. The Morgan fingerprint density at radius 1 is 1.45 bits per heavy atom. The Morgan fingerprint density at radius 2 is 2.20 bits per heavy atom. The third-order valence-corrected chi connectivity index (χ3v) is 3.27. The van der Waals surface area contributed by atoms with Crippen LogP contribution in [0.3, 0.4) is 0 Å². The van der Waals surface area contributed by atoms with Crippen LogP contribution >= 0.6 is 0 Å². The number of anilines is 1. The zero-order valence-corrected chi connectivity index (χ0v) is 11.7. The van der Waals surface area contributed by atoms with E-state index in [1.54, 1.807) is 12.1 Å². The third kappa shape index (κ3) is 3.84. The average molecular weight is 280 g/mol. The Labute approximate surface area is 118 Å². The number of hydrogen-bond donors (Lipinski definition) is 3. The Hall–Kier alpha value is -1.82. The number of hydrogen-bond acceptors (Lipinski definition) is 3. The number of aliphatic imine (C=N–C) groups is 1. The van der Waals surface area contributed by atoms with E-state index < -0.39 is 5.82 Å². The van der Waals surface area contributed by atoms with Crippen molar-refractivity contribution in [3.8, 4) is 5.75 Å². The first-order chi connectivity index (χ1) is 9.72. The third-order valence-electron chi connectivity index (χ3n) is 3.27. The number of halogens is 1. The van der Waals surface area contributed by atoms with E-state index in [2.05, 4.69) is 15.7 Å². The number of nitrogens with zero attached hydrogens (tertiary/aromatic N) is 1. The van der Waals surface area contributed by atoms with Crippen molar-refractivity contribution in [2.75, 3.05) is 11.9 Å². The predicted molar refractivity (Wildman–Crippen MR) is 78.2 cm³/mol. The molecule has 1 aromatic carbocycles. The van der Waals surface area contributed by atoms with E-state index in [1.165, 1.54) is 18.9 Å². The quantitative estimate of drug-likeness (QED) is 0.343. The molecule has 0 aromatic heterocycles. The normalized spacial score (nSPS) is 16.2. The van der Waals surface area contributed by atoms with Gasteiger partial charge in [-0.2, -0.15) is 0 Å². The van der Waals surface area contributed by atoms with Gasteiger partial charge in [-0.15, -0.1) is 0 Å². The summed E-state index contributed by atoms with van der Waals surface area (Å²) in [6.07, 6.45) is 4.54. The van der Waals surface area contributed by atoms with Crippen LogP contribution in [-0.2, 0) is 0 Å². The van der Waals surface area contributed by atoms with E-state index in [1.807, 2.05) is 6.92 Å².